The van der Waals surface area contributed by atoms with Crippen LogP contribution in [0.4, 0.5) is 0 Å². The molecule has 2 heteroatoms. The Morgan fingerprint density at radius 2 is 2.11 bits per heavy atom. The highest BCUT2D eigenvalue weighted by Crippen LogP contribution is 2.31. The third-order valence-electron chi connectivity index (χ3n) is 4.39. The van der Waals surface area contributed by atoms with E-state index in [1.807, 2.05) is 0 Å². The van der Waals surface area contributed by atoms with E-state index in [-0.39, 0.29) is 0 Å². The van der Waals surface area contributed by atoms with Crippen LogP contribution in [0.3, 0.4) is 0 Å². The van der Waals surface area contributed by atoms with Crippen molar-refractivity contribution in [3.63, 3.8) is 0 Å². The van der Waals surface area contributed by atoms with Crippen molar-refractivity contribution in [2.75, 3.05) is 7.05 Å². The summed E-state index contributed by atoms with van der Waals surface area (Å²) in [6.07, 6.45) is 6.39. The zero-order chi connectivity index (χ0) is 13.7. The van der Waals surface area contributed by atoms with Crippen molar-refractivity contribution >= 4 is 0 Å². The lowest BCUT2D eigenvalue weighted by Crippen LogP contribution is -2.36. The van der Waals surface area contributed by atoms with E-state index in [2.05, 4.69) is 50.5 Å². The summed E-state index contributed by atoms with van der Waals surface area (Å²) in [5.41, 5.74) is 1.36. The maximum absolute atomic E-state index is 6.30. The second-order valence-electron chi connectivity index (χ2n) is 5.74. The van der Waals surface area contributed by atoms with Gasteiger partial charge in [0, 0.05) is 6.04 Å². The molecule has 0 heterocycles. The van der Waals surface area contributed by atoms with Crippen molar-refractivity contribution in [3.8, 4) is 5.75 Å². The maximum Gasteiger partial charge on any atom is 0.123 e. The Bertz CT molecular complexity index is 391. The number of ether oxygens (including phenoxy) is 1. The number of para-hydroxylation sites is 1. The molecule has 2 nitrogen and oxygen atoms in total. The molecule has 0 aromatic heterocycles. The fourth-order valence-corrected chi connectivity index (χ4v) is 2.91. The van der Waals surface area contributed by atoms with Gasteiger partial charge in [-0.3, -0.25) is 0 Å². The number of rotatable bonds is 5. The summed E-state index contributed by atoms with van der Waals surface area (Å²) in [6.45, 7) is 4.51. The molecule has 1 N–H and O–H groups in total. The van der Waals surface area contributed by atoms with Gasteiger partial charge in [-0.15, -0.1) is 0 Å². The Labute approximate surface area is 117 Å². The van der Waals surface area contributed by atoms with Gasteiger partial charge in [0.15, 0.2) is 0 Å². The van der Waals surface area contributed by atoms with Gasteiger partial charge in [0.2, 0.25) is 0 Å². The number of nitrogens with one attached hydrogen (secondary N) is 1. The molecule has 1 aromatic carbocycles. The van der Waals surface area contributed by atoms with Crippen LogP contribution in [0.15, 0.2) is 24.3 Å². The van der Waals surface area contributed by atoms with Crippen LogP contribution < -0.4 is 10.1 Å². The highest BCUT2D eigenvalue weighted by atomic mass is 16.5. The number of benzene rings is 1. The van der Waals surface area contributed by atoms with Crippen molar-refractivity contribution < 1.29 is 4.74 Å². The van der Waals surface area contributed by atoms with Crippen LogP contribution >= 0.6 is 0 Å². The topological polar surface area (TPSA) is 21.3 Å². The van der Waals surface area contributed by atoms with E-state index in [9.17, 15) is 0 Å². The number of hydrogen-bond acceptors (Lipinski definition) is 2. The first-order valence-corrected chi connectivity index (χ1v) is 7.67. The first-order chi connectivity index (χ1) is 9.24. The molecule has 1 saturated carbocycles. The van der Waals surface area contributed by atoms with Gasteiger partial charge in [0.25, 0.3) is 0 Å². The summed E-state index contributed by atoms with van der Waals surface area (Å²) in [5.74, 6) is 1.67. The molecule has 3 atom stereocenters. The second-order valence-corrected chi connectivity index (χ2v) is 5.74. The minimum Gasteiger partial charge on any atom is -0.490 e. The Kier molecular flexibility index (Phi) is 5.26. The monoisotopic (exact) mass is 261 g/mol. The summed E-state index contributed by atoms with van der Waals surface area (Å²) >= 11 is 0. The van der Waals surface area contributed by atoms with Gasteiger partial charge in [-0.05, 0) is 56.7 Å². The third kappa shape index (κ3) is 3.73. The van der Waals surface area contributed by atoms with Gasteiger partial charge in [-0.2, -0.15) is 0 Å². The fourth-order valence-electron chi connectivity index (χ4n) is 2.91. The Hall–Kier alpha value is -1.02. The Morgan fingerprint density at radius 3 is 2.84 bits per heavy atom. The minimum atomic E-state index is 0.372. The smallest absolute Gasteiger partial charge is 0.123 e. The lowest BCUT2D eigenvalue weighted by Gasteiger charge is -2.30. The molecule has 1 aliphatic rings. The van der Waals surface area contributed by atoms with E-state index in [1.54, 1.807) is 0 Å². The van der Waals surface area contributed by atoms with Crippen LogP contribution in [0.1, 0.15) is 57.4 Å². The molecule has 0 bridgehead atoms. The molecule has 3 unspecified atom stereocenters. The molecular weight excluding hydrogens is 234 g/mol. The summed E-state index contributed by atoms with van der Waals surface area (Å²) in [4.78, 5) is 0. The highest BCUT2D eigenvalue weighted by molar-refractivity contribution is 5.36. The van der Waals surface area contributed by atoms with Crippen LogP contribution in [0, 0.1) is 0 Å². The summed E-state index contributed by atoms with van der Waals surface area (Å²) < 4.78 is 6.30. The van der Waals surface area contributed by atoms with Crippen LogP contribution in [0.25, 0.3) is 0 Å². The lowest BCUT2D eigenvalue weighted by molar-refractivity contribution is 0.135. The van der Waals surface area contributed by atoms with Gasteiger partial charge in [0.1, 0.15) is 11.9 Å². The summed E-state index contributed by atoms with van der Waals surface area (Å²) in [5, 5.41) is 3.39. The Morgan fingerprint density at radius 1 is 1.32 bits per heavy atom. The third-order valence-corrected chi connectivity index (χ3v) is 4.39. The van der Waals surface area contributed by atoms with E-state index < -0.39 is 0 Å². The highest BCUT2D eigenvalue weighted by Gasteiger charge is 2.23. The predicted octanol–water partition coefficient (Wildman–Crippen LogP) is 4.11. The van der Waals surface area contributed by atoms with E-state index >= 15 is 0 Å². The molecule has 1 aromatic rings. The van der Waals surface area contributed by atoms with E-state index in [1.165, 1.54) is 24.8 Å². The molecular formula is C17H27NO. The van der Waals surface area contributed by atoms with Crippen molar-refractivity contribution in [1.82, 2.24) is 5.32 Å². The standard InChI is InChI=1S/C17H27NO/c1-4-13(2)16-10-5-6-11-17(16)19-15-9-7-8-14(12-15)18-3/h5-6,10-11,13-15,18H,4,7-9,12H2,1-3H3. The van der Waals surface area contributed by atoms with Gasteiger partial charge in [-0.1, -0.05) is 32.0 Å². The lowest BCUT2D eigenvalue weighted by atomic mass is 9.92. The quantitative estimate of drug-likeness (QED) is 0.861. The molecule has 2 rings (SSSR count). The van der Waals surface area contributed by atoms with Gasteiger partial charge >= 0.3 is 0 Å². The normalized spacial score (nSPS) is 25.0. The number of hydrogen-bond donors (Lipinski definition) is 1. The SMILES string of the molecule is CCC(C)c1ccccc1OC1CCCC(NC)C1. The van der Waals surface area contributed by atoms with E-state index in [0.29, 0.717) is 18.1 Å². The predicted molar refractivity (Wildman–Crippen MR) is 80.9 cm³/mol. The van der Waals surface area contributed by atoms with Gasteiger partial charge in [-0.25, -0.2) is 0 Å². The molecule has 0 amide bonds. The average molecular weight is 261 g/mol. The first-order valence-electron chi connectivity index (χ1n) is 7.67. The van der Waals surface area contributed by atoms with Gasteiger partial charge < -0.3 is 10.1 Å². The van der Waals surface area contributed by atoms with E-state index in [0.717, 1.165) is 18.6 Å². The van der Waals surface area contributed by atoms with Crippen LogP contribution in [-0.4, -0.2) is 19.2 Å². The molecule has 0 saturated heterocycles. The van der Waals surface area contributed by atoms with Crippen LogP contribution in [-0.2, 0) is 0 Å². The van der Waals surface area contributed by atoms with Crippen molar-refractivity contribution in [2.45, 2.75) is 64.0 Å². The molecule has 19 heavy (non-hydrogen) atoms. The molecule has 106 valence electrons. The van der Waals surface area contributed by atoms with Crippen molar-refractivity contribution in [2.24, 2.45) is 0 Å². The van der Waals surface area contributed by atoms with Crippen LogP contribution in [0.2, 0.25) is 0 Å². The molecule has 0 spiro atoms. The van der Waals surface area contributed by atoms with Crippen molar-refractivity contribution in [1.29, 1.82) is 0 Å². The minimum absolute atomic E-state index is 0.372. The van der Waals surface area contributed by atoms with Crippen molar-refractivity contribution in [3.05, 3.63) is 29.8 Å². The summed E-state index contributed by atoms with van der Waals surface area (Å²) in [7, 11) is 2.06. The van der Waals surface area contributed by atoms with Gasteiger partial charge in [0.05, 0.1) is 0 Å². The van der Waals surface area contributed by atoms with Crippen LogP contribution in [0.5, 0.6) is 5.75 Å². The first kappa shape index (κ1) is 14.4. The molecule has 0 radical (unpaired) electrons. The largest absolute Gasteiger partial charge is 0.490 e. The maximum atomic E-state index is 6.30. The average Bonchev–Trinajstić information content (AvgIpc) is 2.47. The molecule has 0 aliphatic heterocycles. The zero-order valence-corrected chi connectivity index (χ0v) is 12.5. The molecule has 1 fully saturated rings. The molecule has 1 aliphatic carbocycles. The second kappa shape index (κ2) is 6.95. The fraction of sp³-hybridized carbons (Fsp3) is 0.647. The summed E-state index contributed by atoms with van der Waals surface area (Å²) in [6, 6.07) is 9.16. The van der Waals surface area contributed by atoms with E-state index in [4.69, 9.17) is 4.74 Å². The zero-order valence-electron chi connectivity index (χ0n) is 12.5. The Balaban J connectivity index is 2.06.